The second-order valence-electron chi connectivity index (χ2n) is 6.02. The van der Waals surface area contributed by atoms with E-state index in [9.17, 15) is 9.59 Å². The van der Waals surface area contributed by atoms with E-state index in [0.29, 0.717) is 49.9 Å². The van der Waals surface area contributed by atoms with Gasteiger partial charge in [-0.15, -0.1) is 10.2 Å². The van der Waals surface area contributed by atoms with Crippen LogP contribution in [0.2, 0.25) is 0 Å². The average molecular weight is 422 g/mol. The Balaban J connectivity index is 1.57. The van der Waals surface area contributed by atoms with Crippen LogP contribution in [0.5, 0.6) is 5.75 Å². The summed E-state index contributed by atoms with van der Waals surface area (Å²) in [6, 6.07) is 7.35. The molecule has 1 N–H and O–H groups in total. The molecule has 2 amide bonds. The molecule has 1 fully saturated rings. The molecule has 0 atom stereocenters. The van der Waals surface area contributed by atoms with Gasteiger partial charge in [0.25, 0.3) is 5.91 Å². The summed E-state index contributed by atoms with van der Waals surface area (Å²) in [4.78, 5) is 28.2. The van der Waals surface area contributed by atoms with Gasteiger partial charge >= 0.3 is 0 Å². The van der Waals surface area contributed by atoms with E-state index in [1.54, 1.807) is 13.1 Å². The Labute approximate surface area is 172 Å². The van der Waals surface area contributed by atoms with E-state index in [4.69, 9.17) is 4.74 Å². The lowest BCUT2D eigenvalue weighted by Gasteiger charge is -2.34. The Bertz CT molecular complexity index is 821. The number of ether oxygens (including phenoxy) is 1. The molecule has 1 aliphatic heterocycles. The minimum Gasteiger partial charge on any atom is -0.493 e. The number of hydrogen-bond donors (Lipinski definition) is 1. The zero-order valence-electron chi connectivity index (χ0n) is 15.9. The fourth-order valence-electron chi connectivity index (χ4n) is 2.78. The summed E-state index contributed by atoms with van der Waals surface area (Å²) in [6.45, 7) is 5.03. The Morgan fingerprint density at radius 3 is 2.68 bits per heavy atom. The monoisotopic (exact) mass is 421 g/mol. The van der Waals surface area contributed by atoms with E-state index in [-0.39, 0.29) is 11.8 Å². The third-order valence-electron chi connectivity index (χ3n) is 4.26. The number of rotatable bonds is 7. The number of nitrogens with one attached hydrogen (secondary N) is 1. The van der Waals surface area contributed by atoms with Crippen molar-refractivity contribution in [3.63, 3.8) is 0 Å². The van der Waals surface area contributed by atoms with Crippen molar-refractivity contribution in [2.24, 2.45) is 0 Å². The van der Waals surface area contributed by atoms with E-state index < -0.39 is 0 Å². The van der Waals surface area contributed by atoms with Crippen molar-refractivity contribution in [3.8, 4) is 5.75 Å². The maximum atomic E-state index is 12.9. The first-order valence-corrected chi connectivity index (χ1v) is 10.9. The summed E-state index contributed by atoms with van der Waals surface area (Å²) in [7, 11) is 1.61. The van der Waals surface area contributed by atoms with E-state index in [0.717, 1.165) is 9.47 Å². The molecule has 0 radical (unpaired) electrons. The first-order chi connectivity index (χ1) is 13.6. The fourth-order valence-corrected chi connectivity index (χ4v) is 4.55. The Morgan fingerprint density at radius 1 is 1.21 bits per heavy atom. The number of anilines is 1. The third kappa shape index (κ3) is 4.93. The zero-order valence-corrected chi connectivity index (χ0v) is 17.5. The molecule has 150 valence electrons. The molecule has 0 aliphatic carbocycles. The van der Waals surface area contributed by atoms with Crippen LogP contribution in [0.1, 0.15) is 17.3 Å². The molecule has 1 aromatic heterocycles. The molecule has 0 spiro atoms. The van der Waals surface area contributed by atoms with Crippen LogP contribution in [0.3, 0.4) is 0 Å². The summed E-state index contributed by atoms with van der Waals surface area (Å²) in [5.74, 6) is 0.899. The normalized spacial score (nSPS) is 14.1. The van der Waals surface area contributed by atoms with Gasteiger partial charge in [0.05, 0.1) is 17.9 Å². The first-order valence-electron chi connectivity index (χ1n) is 9.05. The van der Waals surface area contributed by atoms with E-state index in [1.807, 2.05) is 30.0 Å². The summed E-state index contributed by atoms with van der Waals surface area (Å²) in [6.07, 6.45) is 0. The maximum absolute atomic E-state index is 12.9. The number of aromatic nitrogens is 2. The van der Waals surface area contributed by atoms with Crippen molar-refractivity contribution >= 4 is 40.0 Å². The molecule has 2 aromatic rings. The number of carbonyl (C=O) groups excluding carboxylic acids is 2. The van der Waals surface area contributed by atoms with Crippen molar-refractivity contribution in [1.82, 2.24) is 20.4 Å². The second-order valence-corrected chi connectivity index (χ2v) is 8.20. The molecule has 1 aliphatic rings. The molecule has 1 aromatic carbocycles. The van der Waals surface area contributed by atoms with Gasteiger partial charge in [-0.3, -0.25) is 9.59 Å². The number of piperazine rings is 1. The number of amides is 2. The van der Waals surface area contributed by atoms with Gasteiger partial charge in [0.1, 0.15) is 5.75 Å². The number of benzene rings is 1. The Morgan fingerprint density at radius 2 is 1.96 bits per heavy atom. The highest BCUT2D eigenvalue weighted by molar-refractivity contribution is 8.01. The fraction of sp³-hybridized carbons (Fsp3) is 0.444. The highest BCUT2D eigenvalue weighted by Gasteiger charge is 2.25. The van der Waals surface area contributed by atoms with Gasteiger partial charge in [-0.25, -0.2) is 0 Å². The smallest absolute Gasteiger partial charge is 0.257 e. The summed E-state index contributed by atoms with van der Waals surface area (Å²) >= 11 is 2.84. The number of para-hydroxylation sites is 1. The van der Waals surface area contributed by atoms with Crippen molar-refractivity contribution in [2.45, 2.75) is 11.3 Å². The Kier molecular flexibility index (Phi) is 7.10. The largest absolute Gasteiger partial charge is 0.493 e. The molecule has 1 saturated heterocycles. The molecule has 0 bridgehead atoms. The minimum absolute atomic E-state index is 0.0113. The second kappa shape index (κ2) is 9.74. The first kappa shape index (κ1) is 20.4. The van der Waals surface area contributed by atoms with E-state index >= 15 is 0 Å². The van der Waals surface area contributed by atoms with Crippen LogP contribution >= 0.6 is 23.1 Å². The predicted molar refractivity (Wildman–Crippen MR) is 110 cm³/mol. The van der Waals surface area contributed by atoms with Gasteiger partial charge in [0, 0.05) is 33.2 Å². The lowest BCUT2D eigenvalue weighted by atomic mass is 10.1. The van der Waals surface area contributed by atoms with Crippen molar-refractivity contribution in [2.75, 3.05) is 50.5 Å². The van der Waals surface area contributed by atoms with Crippen LogP contribution in [0, 0.1) is 0 Å². The minimum atomic E-state index is -0.0405. The molecule has 8 nitrogen and oxygen atoms in total. The molecule has 0 saturated carbocycles. The quantitative estimate of drug-likeness (QED) is 0.681. The highest BCUT2D eigenvalue weighted by atomic mass is 32.2. The standard InChI is InChI=1S/C18H23N5O3S2/c1-3-26-14-7-5-4-6-13(14)16(25)22-8-10-23(11-9-22)17-20-21-18(28-17)27-12-15(24)19-2/h4-7H,3,8-12H2,1-2H3,(H,19,24). The van der Waals surface area contributed by atoms with Crippen molar-refractivity contribution in [3.05, 3.63) is 29.8 Å². The number of thioether (sulfide) groups is 1. The lowest BCUT2D eigenvalue weighted by molar-refractivity contribution is -0.118. The number of carbonyl (C=O) groups is 2. The SMILES string of the molecule is CCOc1ccccc1C(=O)N1CCN(c2nnc(SCC(=O)NC)s2)CC1. The van der Waals surface area contributed by atoms with E-state index in [1.165, 1.54) is 23.1 Å². The topological polar surface area (TPSA) is 87.7 Å². The van der Waals surface area contributed by atoms with Gasteiger partial charge in [-0.05, 0) is 19.1 Å². The van der Waals surface area contributed by atoms with Gasteiger partial charge in [-0.1, -0.05) is 35.2 Å². The third-order valence-corrected chi connectivity index (χ3v) is 6.37. The van der Waals surface area contributed by atoms with Crippen LogP contribution in [0.25, 0.3) is 0 Å². The van der Waals surface area contributed by atoms with Crippen molar-refractivity contribution in [1.29, 1.82) is 0 Å². The van der Waals surface area contributed by atoms with Gasteiger partial charge in [0.15, 0.2) is 4.34 Å². The molecule has 2 heterocycles. The molecule has 28 heavy (non-hydrogen) atoms. The number of hydrogen-bond acceptors (Lipinski definition) is 8. The van der Waals surface area contributed by atoms with E-state index in [2.05, 4.69) is 20.4 Å². The molecular weight excluding hydrogens is 398 g/mol. The van der Waals surface area contributed by atoms with Crippen LogP contribution < -0.4 is 15.0 Å². The van der Waals surface area contributed by atoms with Crippen LogP contribution in [-0.2, 0) is 4.79 Å². The number of nitrogens with zero attached hydrogens (tertiary/aromatic N) is 4. The molecular formula is C18H23N5O3S2. The summed E-state index contributed by atoms with van der Waals surface area (Å²) in [5, 5.41) is 11.8. The van der Waals surface area contributed by atoms with Gasteiger partial charge in [0.2, 0.25) is 11.0 Å². The van der Waals surface area contributed by atoms with Gasteiger partial charge < -0.3 is 19.9 Å². The maximum Gasteiger partial charge on any atom is 0.257 e. The van der Waals surface area contributed by atoms with Crippen LogP contribution in [0.4, 0.5) is 5.13 Å². The zero-order chi connectivity index (χ0) is 19.9. The predicted octanol–water partition coefficient (Wildman–Crippen LogP) is 1.74. The lowest BCUT2D eigenvalue weighted by Crippen LogP contribution is -2.48. The van der Waals surface area contributed by atoms with Crippen molar-refractivity contribution < 1.29 is 14.3 Å². The average Bonchev–Trinajstić information content (AvgIpc) is 3.21. The van der Waals surface area contributed by atoms with Crippen LogP contribution in [0.15, 0.2) is 28.6 Å². The molecule has 10 heteroatoms. The Hall–Kier alpha value is -2.33. The molecule has 0 unspecified atom stereocenters. The summed E-state index contributed by atoms with van der Waals surface area (Å²) < 4.78 is 6.35. The van der Waals surface area contributed by atoms with Crippen LogP contribution in [-0.4, -0.2) is 72.5 Å². The van der Waals surface area contributed by atoms with Gasteiger partial charge in [-0.2, -0.15) is 0 Å². The molecule has 3 rings (SSSR count). The highest BCUT2D eigenvalue weighted by Crippen LogP contribution is 2.29. The summed E-state index contributed by atoms with van der Waals surface area (Å²) in [5.41, 5.74) is 0.599.